The molecule has 0 aliphatic carbocycles. The molecule has 0 saturated carbocycles. The minimum atomic E-state index is 0.624. The zero-order chi connectivity index (χ0) is 32.1. The molecule has 8 nitrogen and oxygen atoms in total. The monoisotopic (exact) mass is 658 g/mol. The molecule has 4 rings (SSSR count). The van der Waals surface area contributed by atoms with E-state index in [9.17, 15) is 0 Å². The van der Waals surface area contributed by atoms with Crippen LogP contribution in [0.25, 0.3) is 0 Å². The van der Waals surface area contributed by atoms with Gasteiger partial charge in [0.1, 0.15) is 23.0 Å². The van der Waals surface area contributed by atoms with Crippen molar-refractivity contribution in [3.05, 3.63) is 97.1 Å². The molecule has 0 spiro atoms. The normalized spacial score (nSPS) is 11.3. The summed E-state index contributed by atoms with van der Waals surface area (Å²) in [6.07, 6.45) is 4.33. The van der Waals surface area contributed by atoms with Gasteiger partial charge in [0.25, 0.3) is 0 Å². The first kappa shape index (κ1) is 34.8. The van der Waals surface area contributed by atoms with E-state index in [4.69, 9.17) is 18.9 Å². The van der Waals surface area contributed by atoms with Crippen molar-refractivity contribution >= 4 is 44.3 Å². The van der Waals surface area contributed by atoms with Gasteiger partial charge in [0.2, 0.25) is 0 Å². The van der Waals surface area contributed by atoms with E-state index in [1.165, 1.54) is 0 Å². The molecule has 0 heterocycles. The summed E-state index contributed by atoms with van der Waals surface area (Å²) in [5, 5.41) is 17.2. The molecule has 4 aromatic rings. The van der Waals surface area contributed by atoms with Crippen molar-refractivity contribution in [3.63, 3.8) is 0 Å². The van der Waals surface area contributed by atoms with Crippen LogP contribution in [0.5, 0.6) is 23.0 Å². The standard InChI is InChI=1S/C36H42N4O4S2/c1-3-5-23-41-33-15-7-29(8-16-33)37-39-31-11-19-35(20-12-31)43-25-27-45-46-28-26-44-36-21-13-32(14-22-36)40-38-30-9-17-34(18-10-30)42-24-6-4-2/h7-22H,3-6,23-28H2,1-2H3. The van der Waals surface area contributed by atoms with Crippen LogP contribution in [-0.4, -0.2) is 37.9 Å². The van der Waals surface area contributed by atoms with Gasteiger partial charge in [-0.1, -0.05) is 48.3 Å². The highest BCUT2D eigenvalue weighted by Gasteiger charge is 2.00. The molecule has 4 aromatic carbocycles. The minimum absolute atomic E-state index is 0.624. The SMILES string of the molecule is CCCCOc1ccc(N=Nc2ccc(OCCSSCCOc3ccc(N=Nc4ccc(OCCCC)cc4)cc3)cc2)cc1. The Morgan fingerprint density at radius 2 is 0.652 bits per heavy atom. The highest BCUT2D eigenvalue weighted by Crippen LogP contribution is 2.26. The van der Waals surface area contributed by atoms with Gasteiger partial charge >= 0.3 is 0 Å². The van der Waals surface area contributed by atoms with Crippen LogP contribution in [0.15, 0.2) is 118 Å². The first-order chi connectivity index (χ1) is 22.7. The van der Waals surface area contributed by atoms with Crippen molar-refractivity contribution in [2.75, 3.05) is 37.9 Å². The number of nitrogens with zero attached hydrogens (tertiary/aromatic N) is 4. The Bertz CT molecular complexity index is 1340. The maximum atomic E-state index is 5.86. The summed E-state index contributed by atoms with van der Waals surface area (Å²) in [5.41, 5.74) is 3.11. The van der Waals surface area contributed by atoms with Crippen LogP contribution < -0.4 is 18.9 Å². The summed E-state index contributed by atoms with van der Waals surface area (Å²) < 4.78 is 23.1. The van der Waals surface area contributed by atoms with Crippen LogP contribution in [0.1, 0.15) is 39.5 Å². The summed E-state index contributed by atoms with van der Waals surface area (Å²) in [5.74, 6) is 5.08. The number of unbranched alkanes of at least 4 members (excludes halogenated alkanes) is 2. The summed E-state index contributed by atoms with van der Waals surface area (Å²) in [7, 11) is 3.54. The lowest BCUT2D eigenvalue weighted by Gasteiger charge is -2.07. The average molecular weight is 659 g/mol. The van der Waals surface area contributed by atoms with Crippen LogP contribution in [0.4, 0.5) is 22.7 Å². The van der Waals surface area contributed by atoms with Crippen molar-refractivity contribution in [2.24, 2.45) is 20.5 Å². The lowest BCUT2D eigenvalue weighted by atomic mass is 10.3. The molecule has 0 fully saturated rings. The lowest BCUT2D eigenvalue weighted by molar-refractivity contribution is 0.309. The largest absolute Gasteiger partial charge is 0.494 e. The van der Waals surface area contributed by atoms with E-state index < -0.39 is 0 Å². The highest BCUT2D eigenvalue weighted by molar-refractivity contribution is 8.76. The average Bonchev–Trinajstić information content (AvgIpc) is 3.10. The Labute approximate surface area is 280 Å². The molecule has 0 atom stereocenters. The van der Waals surface area contributed by atoms with Crippen molar-refractivity contribution in [2.45, 2.75) is 39.5 Å². The smallest absolute Gasteiger partial charge is 0.119 e. The molecular weight excluding hydrogens is 617 g/mol. The molecule has 46 heavy (non-hydrogen) atoms. The van der Waals surface area contributed by atoms with Crippen LogP contribution >= 0.6 is 21.6 Å². The van der Waals surface area contributed by atoms with Crippen LogP contribution in [0, 0.1) is 0 Å². The van der Waals surface area contributed by atoms with Crippen molar-refractivity contribution in [1.29, 1.82) is 0 Å². The summed E-state index contributed by atoms with van der Waals surface area (Å²) in [6, 6.07) is 30.6. The second-order valence-corrected chi connectivity index (χ2v) is 12.8. The maximum absolute atomic E-state index is 5.86. The van der Waals surface area contributed by atoms with E-state index in [0.717, 1.165) is 96.2 Å². The van der Waals surface area contributed by atoms with Gasteiger partial charge in [-0.3, -0.25) is 0 Å². The molecule has 0 N–H and O–H groups in total. The van der Waals surface area contributed by atoms with Gasteiger partial charge in [-0.25, -0.2) is 0 Å². The second-order valence-electron chi connectivity index (χ2n) is 10.1. The Hall–Kier alpha value is -4.02. The number of hydrogen-bond donors (Lipinski definition) is 0. The molecule has 0 aliphatic rings. The van der Waals surface area contributed by atoms with Gasteiger partial charge in [0.15, 0.2) is 0 Å². The van der Waals surface area contributed by atoms with Crippen molar-refractivity contribution in [1.82, 2.24) is 0 Å². The third kappa shape index (κ3) is 13.5. The van der Waals surface area contributed by atoms with E-state index in [2.05, 4.69) is 34.3 Å². The highest BCUT2D eigenvalue weighted by atomic mass is 33.1. The third-order valence-electron chi connectivity index (χ3n) is 6.40. The number of benzene rings is 4. The van der Waals surface area contributed by atoms with Gasteiger partial charge in [0, 0.05) is 11.5 Å². The van der Waals surface area contributed by atoms with Gasteiger partial charge in [-0.2, -0.15) is 20.5 Å². The number of azo groups is 2. The Morgan fingerprint density at radius 3 is 0.913 bits per heavy atom. The van der Waals surface area contributed by atoms with E-state index in [0.29, 0.717) is 13.2 Å². The topological polar surface area (TPSA) is 86.4 Å². The van der Waals surface area contributed by atoms with Crippen LogP contribution in [0.3, 0.4) is 0 Å². The predicted octanol–water partition coefficient (Wildman–Crippen LogP) is 11.7. The first-order valence-corrected chi connectivity index (χ1v) is 18.2. The minimum Gasteiger partial charge on any atom is -0.494 e. The maximum Gasteiger partial charge on any atom is 0.119 e. The van der Waals surface area contributed by atoms with Crippen molar-refractivity contribution in [3.8, 4) is 23.0 Å². The lowest BCUT2D eigenvalue weighted by Crippen LogP contribution is -2.01. The van der Waals surface area contributed by atoms with Gasteiger partial charge in [-0.05, 0) is 110 Å². The molecule has 0 bridgehead atoms. The molecule has 0 aromatic heterocycles. The summed E-state index contributed by atoms with van der Waals surface area (Å²) >= 11 is 0. The summed E-state index contributed by atoms with van der Waals surface area (Å²) in [6.45, 7) is 7.01. The van der Waals surface area contributed by atoms with Gasteiger partial charge < -0.3 is 18.9 Å². The second kappa shape index (κ2) is 20.9. The van der Waals surface area contributed by atoms with E-state index >= 15 is 0 Å². The molecule has 0 aliphatic heterocycles. The first-order valence-electron chi connectivity index (χ1n) is 15.7. The Morgan fingerprint density at radius 1 is 0.391 bits per heavy atom. The Balaban J connectivity index is 1.04. The zero-order valence-electron chi connectivity index (χ0n) is 26.5. The predicted molar refractivity (Wildman–Crippen MR) is 191 cm³/mol. The fraction of sp³-hybridized carbons (Fsp3) is 0.333. The third-order valence-corrected chi connectivity index (χ3v) is 8.73. The zero-order valence-corrected chi connectivity index (χ0v) is 28.2. The fourth-order valence-corrected chi connectivity index (χ4v) is 5.49. The molecule has 0 saturated heterocycles. The summed E-state index contributed by atoms with van der Waals surface area (Å²) in [4.78, 5) is 0. The van der Waals surface area contributed by atoms with E-state index in [-0.39, 0.29) is 0 Å². The molecule has 0 unspecified atom stereocenters. The quantitative estimate of drug-likeness (QED) is 0.0503. The van der Waals surface area contributed by atoms with E-state index in [1.54, 1.807) is 21.6 Å². The molecule has 0 amide bonds. The molecule has 0 radical (unpaired) electrons. The van der Waals surface area contributed by atoms with Crippen molar-refractivity contribution < 1.29 is 18.9 Å². The fourth-order valence-electron chi connectivity index (χ4n) is 3.84. The number of hydrogen-bond acceptors (Lipinski definition) is 10. The van der Waals surface area contributed by atoms with E-state index in [1.807, 2.05) is 97.1 Å². The van der Waals surface area contributed by atoms with Crippen LogP contribution in [-0.2, 0) is 0 Å². The number of ether oxygens (including phenoxy) is 4. The van der Waals surface area contributed by atoms with Gasteiger partial charge in [-0.15, -0.1) is 0 Å². The molecule has 10 heteroatoms. The number of rotatable bonds is 21. The Kier molecular flexibility index (Phi) is 15.8. The molecule has 242 valence electrons. The van der Waals surface area contributed by atoms with Gasteiger partial charge in [0.05, 0.1) is 49.2 Å². The van der Waals surface area contributed by atoms with Crippen LogP contribution in [0.2, 0.25) is 0 Å². The molecular formula is C36H42N4O4S2.